The molecule has 0 heterocycles. The molecule has 1 unspecified atom stereocenters. The van der Waals surface area contributed by atoms with E-state index in [1.165, 1.54) is 0 Å². The lowest BCUT2D eigenvalue weighted by Gasteiger charge is -2.09. The summed E-state index contributed by atoms with van der Waals surface area (Å²) in [4.78, 5) is 2.07. The van der Waals surface area contributed by atoms with Gasteiger partial charge in [-0.25, -0.2) is 0 Å². The molecule has 52 valence electrons. The Hall–Kier alpha value is -0.520. The Balaban J connectivity index is 3.19. The van der Waals surface area contributed by atoms with Gasteiger partial charge in [-0.1, -0.05) is 5.92 Å². The summed E-state index contributed by atoms with van der Waals surface area (Å²) in [6.07, 6.45) is 5.94. The first-order valence-electron chi connectivity index (χ1n) is 3.03. The molecule has 0 saturated heterocycles. The molecule has 2 nitrogen and oxygen atoms in total. The van der Waals surface area contributed by atoms with Gasteiger partial charge in [-0.2, -0.15) is 0 Å². The summed E-state index contributed by atoms with van der Waals surface area (Å²) >= 11 is 0. The number of hydrogen-bond donors (Lipinski definition) is 1. The Kier molecular flexibility index (Phi) is 4.12. The summed E-state index contributed by atoms with van der Waals surface area (Å²) in [5.41, 5.74) is 5.46. The standard InChI is InChI=1S/C7H14N2/c1-4-7(8)5-6-9(2)3/h1,7H,5-6,8H2,2-3H3. The molecule has 2 heteroatoms. The van der Waals surface area contributed by atoms with Gasteiger partial charge in [-0.3, -0.25) is 0 Å². The quantitative estimate of drug-likeness (QED) is 0.535. The van der Waals surface area contributed by atoms with Crippen LogP contribution in [0.2, 0.25) is 0 Å². The van der Waals surface area contributed by atoms with Crippen LogP contribution in [-0.4, -0.2) is 31.6 Å². The molecule has 0 rings (SSSR count). The van der Waals surface area contributed by atoms with E-state index in [4.69, 9.17) is 12.2 Å². The summed E-state index contributed by atoms with van der Waals surface area (Å²) < 4.78 is 0. The lowest BCUT2D eigenvalue weighted by atomic mass is 10.2. The number of hydrogen-bond acceptors (Lipinski definition) is 2. The van der Waals surface area contributed by atoms with E-state index in [0.717, 1.165) is 13.0 Å². The smallest absolute Gasteiger partial charge is 0.0674 e. The monoisotopic (exact) mass is 126 g/mol. The Bertz CT molecular complexity index is 102. The number of terminal acetylenes is 1. The van der Waals surface area contributed by atoms with Crippen LogP contribution in [0.15, 0.2) is 0 Å². The fourth-order valence-corrected chi connectivity index (χ4v) is 0.481. The molecule has 0 bridgehead atoms. The second-order valence-corrected chi connectivity index (χ2v) is 2.37. The van der Waals surface area contributed by atoms with Crippen LogP contribution in [0.25, 0.3) is 0 Å². The van der Waals surface area contributed by atoms with Gasteiger partial charge in [-0.15, -0.1) is 6.42 Å². The highest BCUT2D eigenvalue weighted by atomic mass is 15.0. The van der Waals surface area contributed by atoms with E-state index in [1.54, 1.807) is 0 Å². The molecule has 0 aromatic carbocycles. The number of rotatable bonds is 3. The maximum absolute atomic E-state index is 5.46. The summed E-state index contributed by atoms with van der Waals surface area (Å²) in [6.45, 7) is 0.964. The minimum Gasteiger partial charge on any atom is -0.318 e. The maximum Gasteiger partial charge on any atom is 0.0674 e. The Morgan fingerprint density at radius 1 is 1.67 bits per heavy atom. The third-order valence-corrected chi connectivity index (χ3v) is 1.10. The average molecular weight is 126 g/mol. The third-order valence-electron chi connectivity index (χ3n) is 1.10. The Morgan fingerprint density at radius 2 is 2.22 bits per heavy atom. The molecule has 0 aromatic heterocycles. The molecule has 0 aliphatic carbocycles. The van der Waals surface area contributed by atoms with Crippen LogP contribution in [0.5, 0.6) is 0 Å². The summed E-state index contributed by atoms with van der Waals surface area (Å²) in [6, 6.07) is -0.0765. The maximum atomic E-state index is 5.46. The summed E-state index contributed by atoms with van der Waals surface area (Å²) in [5, 5.41) is 0. The highest BCUT2D eigenvalue weighted by Crippen LogP contribution is 1.86. The molecular weight excluding hydrogens is 112 g/mol. The number of nitrogens with zero attached hydrogens (tertiary/aromatic N) is 1. The molecule has 1 atom stereocenters. The topological polar surface area (TPSA) is 29.3 Å². The van der Waals surface area contributed by atoms with Crippen LogP contribution in [-0.2, 0) is 0 Å². The van der Waals surface area contributed by atoms with E-state index in [2.05, 4.69) is 10.8 Å². The summed E-state index contributed by atoms with van der Waals surface area (Å²) in [5.74, 6) is 2.47. The lowest BCUT2D eigenvalue weighted by molar-refractivity contribution is 0.394. The fourth-order valence-electron chi connectivity index (χ4n) is 0.481. The van der Waals surface area contributed by atoms with Crippen LogP contribution >= 0.6 is 0 Å². The van der Waals surface area contributed by atoms with Gasteiger partial charge in [0.2, 0.25) is 0 Å². The molecule has 0 saturated carbocycles. The molecule has 0 aliphatic heterocycles. The molecule has 0 radical (unpaired) electrons. The van der Waals surface area contributed by atoms with E-state index < -0.39 is 0 Å². The third kappa shape index (κ3) is 5.35. The molecular formula is C7H14N2. The minimum atomic E-state index is -0.0765. The normalized spacial score (nSPS) is 13.2. The van der Waals surface area contributed by atoms with Crippen LogP contribution < -0.4 is 5.73 Å². The van der Waals surface area contributed by atoms with E-state index in [1.807, 2.05) is 14.1 Å². The first-order valence-corrected chi connectivity index (χ1v) is 3.03. The van der Waals surface area contributed by atoms with Crippen molar-refractivity contribution in [1.82, 2.24) is 4.90 Å². The summed E-state index contributed by atoms with van der Waals surface area (Å²) in [7, 11) is 4.01. The van der Waals surface area contributed by atoms with Gasteiger partial charge in [0.15, 0.2) is 0 Å². The van der Waals surface area contributed by atoms with Crippen molar-refractivity contribution in [2.45, 2.75) is 12.5 Å². The molecule has 0 spiro atoms. The second kappa shape index (κ2) is 4.37. The first-order chi connectivity index (χ1) is 4.16. The lowest BCUT2D eigenvalue weighted by Crippen LogP contribution is -2.24. The van der Waals surface area contributed by atoms with E-state index >= 15 is 0 Å². The van der Waals surface area contributed by atoms with Crippen molar-refractivity contribution in [3.63, 3.8) is 0 Å². The zero-order valence-electron chi connectivity index (χ0n) is 6.09. The van der Waals surface area contributed by atoms with E-state index in [9.17, 15) is 0 Å². The average Bonchev–Trinajstić information content (AvgIpc) is 1.83. The molecule has 0 aromatic rings. The van der Waals surface area contributed by atoms with Gasteiger partial charge in [0.1, 0.15) is 0 Å². The Morgan fingerprint density at radius 3 is 2.56 bits per heavy atom. The largest absolute Gasteiger partial charge is 0.318 e. The van der Waals surface area contributed by atoms with Crippen molar-refractivity contribution in [3.8, 4) is 12.3 Å². The first kappa shape index (κ1) is 8.48. The Labute approximate surface area is 57.0 Å². The van der Waals surface area contributed by atoms with Crippen molar-refractivity contribution in [2.24, 2.45) is 5.73 Å². The minimum absolute atomic E-state index is 0.0765. The van der Waals surface area contributed by atoms with Crippen LogP contribution in [0.4, 0.5) is 0 Å². The predicted molar refractivity (Wildman–Crippen MR) is 40.0 cm³/mol. The molecule has 0 amide bonds. The van der Waals surface area contributed by atoms with E-state index in [0.29, 0.717) is 0 Å². The van der Waals surface area contributed by atoms with Crippen LogP contribution in [0, 0.1) is 12.3 Å². The fraction of sp³-hybridized carbons (Fsp3) is 0.714. The van der Waals surface area contributed by atoms with Gasteiger partial charge in [0.25, 0.3) is 0 Å². The second-order valence-electron chi connectivity index (χ2n) is 2.37. The van der Waals surface area contributed by atoms with Crippen LogP contribution in [0.1, 0.15) is 6.42 Å². The SMILES string of the molecule is C#CC(N)CCN(C)C. The molecule has 2 N–H and O–H groups in total. The van der Waals surface area contributed by atoms with Crippen LogP contribution in [0.3, 0.4) is 0 Å². The highest BCUT2D eigenvalue weighted by Gasteiger charge is 1.96. The molecule has 0 fully saturated rings. The van der Waals surface area contributed by atoms with Gasteiger partial charge >= 0.3 is 0 Å². The highest BCUT2D eigenvalue weighted by molar-refractivity contribution is 4.96. The van der Waals surface area contributed by atoms with Crippen molar-refractivity contribution in [2.75, 3.05) is 20.6 Å². The zero-order valence-corrected chi connectivity index (χ0v) is 6.09. The van der Waals surface area contributed by atoms with Crippen molar-refractivity contribution < 1.29 is 0 Å². The van der Waals surface area contributed by atoms with Gasteiger partial charge < -0.3 is 10.6 Å². The molecule has 9 heavy (non-hydrogen) atoms. The van der Waals surface area contributed by atoms with Gasteiger partial charge in [-0.05, 0) is 27.1 Å². The number of nitrogens with two attached hydrogens (primary N) is 1. The van der Waals surface area contributed by atoms with Gasteiger partial charge in [0, 0.05) is 0 Å². The molecule has 0 aliphatic rings. The van der Waals surface area contributed by atoms with Crippen molar-refractivity contribution in [3.05, 3.63) is 0 Å². The zero-order chi connectivity index (χ0) is 7.28. The van der Waals surface area contributed by atoms with Crippen molar-refractivity contribution >= 4 is 0 Å². The van der Waals surface area contributed by atoms with Gasteiger partial charge in [0.05, 0.1) is 6.04 Å². The predicted octanol–water partition coefficient (Wildman–Crippen LogP) is -0.101. The van der Waals surface area contributed by atoms with E-state index in [-0.39, 0.29) is 6.04 Å². The van der Waals surface area contributed by atoms with Crippen molar-refractivity contribution in [1.29, 1.82) is 0 Å².